The lowest BCUT2D eigenvalue weighted by atomic mass is 10.2. The summed E-state index contributed by atoms with van der Waals surface area (Å²) in [5, 5.41) is 3.14. The first kappa shape index (κ1) is 14.7. The van der Waals surface area contributed by atoms with E-state index in [1.807, 2.05) is 18.7 Å². The number of nitrogens with one attached hydrogen (secondary N) is 1. The monoisotopic (exact) mass is 338 g/mol. The first-order valence-corrected chi connectivity index (χ1v) is 7.24. The van der Waals surface area contributed by atoms with Crippen molar-refractivity contribution in [2.45, 2.75) is 13.8 Å². The van der Waals surface area contributed by atoms with Crippen molar-refractivity contribution >= 4 is 33.3 Å². The van der Waals surface area contributed by atoms with Crippen molar-refractivity contribution in [3.63, 3.8) is 0 Å². The van der Waals surface area contributed by atoms with Crippen molar-refractivity contribution in [3.05, 3.63) is 40.9 Å². The molecular weight excluding hydrogens is 323 g/mol. The number of hydrogen-bond acceptors (Lipinski definition) is 4. The second-order valence-corrected chi connectivity index (χ2v) is 4.88. The summed E-state index contributed by atoms with van der Waals surface area (Å²) >= 11 is 3.49. The fraction of sp³-hybridized carbons (Fsp3) is 0.286. The Morgan fingerprint density at radius 2 is 2.00 bits per heavy atom. The van der Waals surface area contributed by atoms with E-state index in [1.54, 1.807) is 18.2 Å². The van der Waals surface area contributed by atoms with E-state index < -0.39 is 0 Å². The standard InChI is InChI=1S/C14H16BrFN4/c1-3-17-13-12(15)14(19-9-18-13)20(4-2)11-8-6-5-7-10(11)16/h5-9H,3-4H2,1-2H3,(H,17,18,19). The van der Waals surface area contributed by atoms with Crippen LogP contribution in [0.15, 0.2) is 35.1 Å². The Labute approximate surface area is 126 Å². The molecule has 0 amide bonds. The maximum atomic E-state index is 14.0. The van der Waals surface area contributed by atoms with Crippen molar-refractivity contribution < 1.29 is 4.39 Å². The summed E-state index contributed by atoms with van der Waals surface area (Å²) in [4.78, 5) is 10.3. The average molecular weight is 339 g/mol. The number of rotatable bonds is 5. The van der Waals surface area contributed by atoms with Gasteiger partial charge in [0.05, 0.1) is 5.69 Å². The van der Waals surface area contributed by atoms with Crippen molar-refractivity contribution in [2.75, 3.05) is 23.3 Å². The van der Waals surface area contributed by atoms with Gasteiger partial charge in [-0.05, 0) is 41.9 Å². The molecule has 0 aliphatic rings. The van der Waals surface area contributed by atoms with Gasteiger partial charge < -0.3 is 10.2 Å². The van der Waals surface area contributed by atoms with E-state index in [9.17, 15) is 4.39 Å². The Hall–Kier alpha value is -1.69. The van der Waals surface area contributed by atoms with Gasteiger partial charge in [-0.15, -0.1) is 0 Å². The Balaban J connectivity index is 2.48. The molecule has 0 unspecified atom stereocenters. The molecule has 2 aromatic rings. The zero-order valence-electron chi connectivity index (χ0n) is 11.4. The molecule has 1 N–H and O–H groups in total. The molecule has 1 heterocycles. The van der Waals surface area contributed by atoms with Crippen LogP contribution in [-0.2, 0) is 0 Å². The van der Waals surface area contributed by atoms with Crippen LogP contribution in [0.4, 0.5) is 21.7 Å². The fourth-order valence-corrected chi connectivity index (χ4v) is 2.50. The number of benzene rings is 1. The number of aromatic nitrogens is 2. The molecule has 6 heteroatoms. The van der Waals surface area contributed by atoms with E-state index in [0.717, 1.165) is 11.0 Å². The van der Waals surface area contributed by atoms with Crippen molar-refractivity contribution in [2.24, 2.45) is 0 Å². The number of hydrogen-bond donors (Lipinski definition) is 1. The minimum absolute atomic E-state index is 0.273. The highest BCUT2D eigenvalue weighted by molar-refractivity contribution is 9.10. The van der Waals surface area contributed by atoms with E-state index in [4.69, 9.17) is 0 Å². The summed E-state index contributed by atoms with van der Waals surface area (Å²) in [7, 11) is 0. The molecular formula is C14H16BrFN4. The number of para-hydroxylation sites is 1. The van der Waals surface area contributed by atoms with Gasteiger partial charge in [-0.2, -0.15) is 0 Å². The molecule has 0 saturated carbocycles. The summed E-state index contributed by atoms with van der Waals surface area (Å²) in [5.41, 5.74) is 0.497. The molecule has 0 fully saturated rings. The lowest BCUT2D eigenvalue weighted by molar-refractivity contribution is 0.625. The predicted molar refractivity (Wildman–Crippen MR) is 83.0 cm³/mol. The highest BCUT2D eigenvalue weighted by atomic mass is 79.9. The smallest absolute Gasteiger partial charge is 0.153 e. The topological polar surface area (TPSA) is 41.1 Å². The first-order valence-electron chi connectivity index (χ1n) is 6.45. The van der Waals surface area contributed by atoms with E-state index in [2.05, 4.69) is 31.2 Å². The van der Waals surface area contributed by atoms with Crippen LogP contribution in [0.3, 0.4) is 0 Å². The molecule has 0 aliphatic heterocycles. The van der Waals surface area contributed by atoms with Crippen LogP contribution in [0.1, 0.15) is 13.8 Å². The van der Waals surface area contributed by atoms with Gasteiger partial charge in [0.1, 0.15) is 22.4 Å². The molecule has 0 spiro atoms. The highest BCUT2D eigenvalue weighted by Crippen LogP contribution is 2.34. The molecule has 20 heavy (non-hydrogen) atoms. The van der Waals surface area contributed by atoms with E-state index >= 15 is 0 Å². The van der Waals surface area contributed by atoms with Gasteiger partial charge >= 0.3 is 0 Å². The molecule has 0 bridgehead atoms. The summed E-state index contributed by atoms with van der Waals surface area (Å²) in [6.07, 6.45) is 1.47. The summed E-state index contributed by atoms with van der Waals surface area (Å²) in [6.45, 7) is 5.29. The van der Waals surface area contributed by atoms with Crippen molar-refractivity contribution in [1.82, 2.24) is 9.97 Å². The third-order valence-corrected chi connectivity index (χ3v) is 3.56. The molecule has 1 aromatic heterocycles. The molecule has 0 radical (unpaired) electrons. The van der Waals surface area contributed by atoms with E-state index in [0.29, 0.717) is 23.9 Å². The largest absolute Gasteiger partial charge is 0.369 e. The summed E-state index contributed by atoms with van der Waals surface area (Å²) < 4.78 is 14.7. The molecule has 0 atom stereocenters. The Kier molecular flexibility index (Phi) is 4.89. The molecule has 0 aliphatic carbocycles. The van der Waals surface area contributed by atoms with Gasteiger partial charge in [-0.25, -0.2) is 14.4 Å². The third-order valence-electron chi connectivity index (χ3n) is 2.83. The SMILES string of the molecule is CCNc1ncnc(N(CC)c2ccccc2F)c1Br. The third kappa shape index (κ3) is 2.90. The molecule has 106 valence electrons. The minimum atomic E-state index is -0.273. The van der Waals surface area contributed by atoms with Crippen LogP contribution in [0.2, 0.25) is 0 Å². The van der Waals surface area contributed by atoms with Crippen LogP contribution in [-0.4, -0.2) is 23.1 Å². The Morgan fingerprint density at radius 1 is 1.25 bits per heavy atom. The average Bonchev–Trinajstić information content (AvgIpc) is 2.45. The van der Waals surface area contributed by atoms with E-state index in [-0.39, 0.29) is 5.82 Å². The zero-order chi connectivity index (χ0) is 14.5. The minimum Gasteiger partial charge on any atom is -0.369 e. The zero-order valence-corrected chi connectivity index (χ0v) is 13.0. The van der Waals surface area contributed by atoms with Crippen molar-refractivity contribution in [1.29, 1.82) is 0 Å². The lowest BCUT2D eigenvalue weighted by Gasteiger charge is -2.24. The van der Waals surface area contributed by atoms with Crippen LogP contribution in [0.25, 0.3) is 0 Å². The van der Waals surface area contributed by atoms with Gasteiger partial charge in [0, 0.05) is 13.1 Å². The summed E-state index contributed by atoms with van der Waals surface area (Å²) in [5.74, 6) is 1.07. The van der Waals surface area contributed by atoms with Crippen LogP contribution < -0.4 is 10.2 Å². The van der Waals surface area contributed by atoms with Crippen LogP contribution in [0.5, 0.6) is 0 Å². The van der Waals surface area contributed by atoms with Crippen LogP contribution >= 0.6 is 15.9 Å². The Bertz CT molecular complexity index is 591. The maximum Gasteiger partial charge on any atom is 0.153 e. The maximum absolute atomic E-state index is 14.0. The summed E-state index contributed by atoms with van der Waals surface area (Å²) in [6, 6.07) is 6.66. The van der Waals surface area contributed by atoms with E-state index in [1.165, 1.54) is 12.4 Å². The second kappa shape index (κ2) is 6.65. The first-order chi connectivity index (χ1) is 9.69. The second-order valence-electron chi connectivity index (χ2n) is 4.09. The van der Waals surface area contributed by atoms with Crippen molar-refractivity contribution in [3.8, 4) is 0 Å². The number of nitrogens with zero attached hydrogens (tertiary/aromatic N) is 3. The van der Waals surface area contributed by atoms with Gasteiger partial charge in [-0.3, -0.25) is 0 Å². The normalized spacial score (nSPS) is 10.4. The predicted octanol–water partition coefficient (Wildman–Crippen LogP) is 3.97. The van der Waals surface area contributed by atoms with Gasteiger partial charge in [0.2, 0.25) is 0 Å². The Morgan fingerprint density at radius 3 is 2.65 bits per heavy atom. The van der Waals surface area contributed by atoms with Crippen LogP contribution in [0, 0.1) is 5.82 Å². The molecule has 4 nitrogen and oxygen atoms in total. The number of halogens is 2. The van der Waals surface area contributed by atoms with Gasteiger partial charge in [0.25, 0.3) is 0 Å². The van der Waals surface area contributed by atoms with Gasteiger partial charge in [0.15, 0.2) is 5.82 Å². The number of anilines is 3. The fourth-order valence-electron chi connectivity index (χ4n) is 1.94. The quantitative estimate of drug-likeness (QED) is 0.895. The molecule has 0 saturated heterocycles. The van der Waals surface area contributed by atoms with Gasteiger partial charge in [-0.1, -0.05) is 12.1 Å². The lowest BCUT2D eigenvalue weighted by Crippen LogP contribution is -2.20. The molecule has 1 aromatic carbocycles. The molecule has 2 rings (SSSR count). The highest BCUT2D eigenvalue weighted by Gasteiger charge is 2.18.